The number of hydrogen-bond acceptors (Lipinski definition) is 5. The van der Waals surface area contributed by atoms with E-state index in [0.717, 1.165) is 10.6 Å². The van der Waals surface area contributed by atoms with Crippen LogP contribution in [0.4, 0.5) is 16.4 Å². The number of pyridine rings is 1. The van der Waals surface area contributed by atoms with Gasteiger partial charge in [-0.25, -0.2) is 14.8 Å². The minimum absolute atomic E-state index is 0.0767. The van der Waals surface area contributed by atoms with Crippen molar-refractivity contribution in [2.45, 2.75) is 26.7 Å². The van der Waals surface area contributed by atoms with E-state index in [-0.39, 0.29) is 11.5 Å². The number of primary amides is 1. The molecule has 0 unspecified atom stereocenters. The molecule has 0 spiro atoms. The van der Waals surface area contributed by atoms with Crippen molar-refractivity contribution in [3.8, 4) is 10.6 Å². The Morgan fingerprint density at radius 1 is 0.929 bits per heavy atom. The van der Waals surface area contributed by atoms with Crippen LogP contribution in [0, 0.1) is 0 Å². The number of amides is 3. The summed E-state index contributed by atoms with van der Waals surface area (Å²) in [6.07, 6.45) is 2.64. The molecular formula is C20H23N5O2S. The number of nitrogens with one attached hydrogen (secondary N) is 2. The molecule has 0 fully saturated rings. The molecule has 0 radical (unpaired) electrons. The van der Waals surface area contributed by atoms with E-state index in [9.17, 15) is 9.59 Å². The Morgan fingerprint density at radius 3 is 2.25 bits per heavy atom. The number of urea groups is 1. The van der Waals surface area contributed by atoms with E-state index in [1.807, 2.05) is 30.3 Å². The Balaban J connectivity index is 0.000000640. The summed E-state index contributed by atoms with van der Waals surface area (Å²) in [5.41, 5.74) is 6.21. The fraction of sp³-hybridized carbons (Fsp3) is 0.200. The monoisotopic (exact) mass is 397 g/mol. The van der Waals surface area contributed by atoms with Crippen LogP contribution in [0.5, 0.6) is 0 Å². The Bertz CT molecular complexity index is 910. The number of hydrogen-bond donors (Lipinski definition) is 3. The zero-order chi connectivity index (χ0) is 20.4. The lowest BCUT2D eigenvalue weighted by Gasteiger charge is -2.05. The summed E-state index contributed by atoms with van der Waals surface area (Å²) in [4.78, 5) is 31.4. The maximum Gasteiger partial charge on any atom is 0.326 e. The lowest BCUT2D eigenvalue weighted by Crippen LogP contribution is -2.21. The van der Waals surface area contributed by atoms with Crippen molar-refractivity contribution in [2.24, 2.45) is 5.73 Å². The number of rotatable bonds is 5. The van der Waals surface area contributed by atoms with Crippen molar-refractivity contribution in [1.82, 2.24) is 9.97 Å². The van der Waals surface area contributed by atoms with Crippen molar-refractivity contribution in [3.63, 3.8) is 0 Å². The number of unbranched alkanes of at least 4 members (excludes halogenated alkanes) is 1. The first-order chi connectivity index (χ1) is 13.5. The van der Waals surface area contributed by atoms with Crippen LogP contribution in [0.3, 0.4) is 0 Å². The number of thiazole rings is 1. The van der Waals surface area contributed by atoms with Crippen LogP contribution >= 0.6 is 11.3 Å². The van der Waals surface area contributed by atoms with Gasteiger partial charge in [0.15, 0.2) is 0 Å². The standard InChI is InChI=1S/C16H13N5O2S.C4H10/c17-14(22)11-7-4-8-12(18-11)20-16(23)21-13-9-24-15(19-13)10-5-2-1-3-6-10;1-3-4-2/h1-9H,(H2,17,22)(H2,18,20,21,23);3-4H2,1-2H3. The molecule has 3 amide bonds. The van der Waals surface area contributed by atoms with Gasteiger partial charge < -0.3 is 5.73 Å². The van der Waals surface area contributed by atoms with Gasteiger partial charge in [-0.15, -0.1) is 11.3 Å². The van der Waals surface area contributed by atoms with Gasteiger partial charge in [0.25, 0.3) is 5.91 Å². The number of carbonyl (C=O) groups is 2. The van der Waals surface area contributed by atoms with Gasteiger partial charge in [0.1, 0.15) is 22.3 Å². The van der Waals surface area contributed by atoms with Gasteiger partial charge in [-0.05, 0) is 12.1 Å². The predicted octanol–water partition coefficient (Wildman–Crippen LogP) is 4.75. The van der Waals surface area contributed by atoms with Gasteiger partial charge in [0.2, 0.25) is 0 Å². The largest absolute Gasteiger partial charge is 0.364 e. The Kier molecular flexibility index (Phi) is 8.11. The molecule has 0 atom stereocenters. The van der Waals surface area contributed by atoms with Crippen LogP contribution in [0.15, 0.2) is 53.9 Å². The molecule has 0 aliphatic carbocycles. The maximum atomic E-state index is 12.0. The van der Waals surface area contributed by atoms with Crippen molar-refractivity contribution >= 4 is 34.9 Å². The molecule has 0 aliphatic rings. The summed E-state index contributed by atoms with van der Waals surface area (Å²) in [5.74, 6) is -0.00390. The smallest absolute Gasteiger partial charge is 0.326 e. The highest BCUT2D eigenvalue weighted by Crippen LogP contribution is 2.25. The van der Waals surface area contributed by atoms with Gasteiger partial charge in [-0.1, -0.05) is 63.1 Å². The van der Waals surface area contributed by atoms with E-state index in [2.05, 4.69) is 34.4 Å². The molecule has 2 heterocycles. The van der Waals surface area contributed by atoms with E-state index < -0.39 is 11.9 Å². The van der Waals surface area contributed by atoms with Gasteiger partial charge in [-0.2, -0.15) is 0 Å². The van der Waals surface area contributed by atoms with E-state index >= 15 is 0 Å². The molecule has 3 rings (SSSR count). The number of aromatic nitrogens is 2. The minimum atomic E-state index is -0.661. The molecule has 0 aliphatic heterocycles. The van der Waals surface area contributed by atoms with Crippen LogP contribution in [-0.2, 0) is 0 Å². The summed E-state index contributed by atoms with van der Waals surface area (Å²) < 4.78 is 0. The predicted molar refractivity (Wildman–Crippen MR) is 114 cm³/mol. The zero-order valence-electron chi connectivity index (χ0n) is 15.8. The third kappa shape index (κ3) is 6.48. The molecular weight excluding hydrogens is 374 g/mol. The van der Waals surface area contributed by atoms with E-state index in [1.54, 1.807) is 17.5 Å². The average Bonchev–Trinajstić information content (AvgIpc) is 3.17. The number of nitrogens with zero attached hydrogens (tertiary/aromatic N) is 2. The highest BCUT2D eigenvalue weighted by Gasteiger charge is 2.09. The summed E-state index contributed by atoms with van der Waals surface area (Å²) in [7, 11) is 0. The third-order valence-electron chi connectivity index (χ3n) is 3.51. The topological polar surface area (TPSA) is 110 Å². The van der Waals surface area contributed by atoms with E-state index in [1.165, 1.54) is 30.2 Å². The quantitative estimate of drug-likeness (QED) is 0.577. The first-order valence-corrected chi connectivity index (χ1v) is 9.77. The van der Waals surface area contributed by atoms with Crippen molar-refractivity contribution in [2.75, 3.05) is 10.6 Å². The molecule has 8 heteroatoms. The van der Waals surface area contributed by atoms with Crippen LogP contribution < -0.4 is 16.4 Å². The van der Waals surface area contributed by atoms with E-state index in [4.69, 9.17) is 5.73 Å². The normalized spacial score (nSPS) is 9.79. The number of nitrogens with two attached hydrogens (primary N) is 1. The van der Waals surface area contributed by atoms with Crippen LogP contribution in [0.1, 0.15) is 37.2 Å². The molecule has 2 aromatic heterocycles. The second-order valence-electron chi connectivity index (χ2n) is 5.76. The molecule has 7 nitrogen and oxygen atoms in total. The van der Waals surface area contributed by atoms with Crippen LogP contribution in [-0.4, -0.2) is 21.9 Å². The third-order valence-corrected chi connectivity index (χ3v) is 4.40. The number of carbonyl (C=O) groups excluding carboxylic acids is 2. The minimum Gasteiger partial charge on any atom is -0.364 e. The lowest BCUT2D eigenvalue weighted by atomic mass is 10.2. The molecule has 146 valence electrons. The van der Waals surface area contributed by atoms with Gasteiger partial charge in [0.05, 0.1) is 0 Å². The Hall–Kier alpha value is -3.26. The van der Waals surface area contributed by atoms with Crippen molar-refractivity contribution in [1.29, 1.82) is 0 Å². The summed E-state index contributed by atoms with van der Waals surface area (Å²) in [5, 5.41) is 7.70. The van der Waals surface area contributed by atoms with Crippen LogP contribution in [0.25, 0.3) is 10.6 Å². The molecule has 0 saturated heterocycles. The summed E-state index contributed by atoms with van der Waals surface area (Å²) >= 11 is 1.43. The molecule has 4 N–H and O–H groups in total. The SMILES string of the molecule is CCCC.NC(=O)c1cccc(NC(=O)Nc2csc(-c3ccccc3)n2)n1. The Labute approximate surface area is 168 Å². The van der Waals surface area contributed by atoms with Crippen molar-refractivity contribution in [3.05, 3.63) is 59.6 Å². The molecule has 3 aromatic rings. The molecule has 0 saturated carbocycles. The Morgan fingerprint density at radius 2 is 1.61 bits per heavy atom. The lowest BCUT2D eigenvalue weighted by molar-refractivity contribution is 0.0995. The van der Waals surface area contributed by atoms with Gasteiger partial charge in [-0.3, -0.25) is 15.4 Å². The first-order valence-electron chi connectivity index (χ1n) is 8.89. The molecule has 28 heavy (non-hydrogen) atoms. The molecule has 0 bridgehead atoms. The summed E-state index contributed by atoms with van der Waals surface area (Å²) in [6.45, 7) is 4.36. The second-order valence-corrected chi connectivity index (χ2v) is 6.61. The van der Waals surface area contributed by atoms with E-state index in [0.29, 0.717) is 5.82 Å². The average molecular weight is 398 g/mol. The fourth-order valence-corrected chi connectivity index (χ4v) is 2.71. The zero-order valence-corrected chi connectivity index (χ0v) is 16.6. The molecule has 1 aromatic carbocycles. The highest BCUT2D eigenvalue weighted by molar-refractivity contribution is 7.13. The van der Waals surface area contributed by atoms with Crippen molar-refractivity contribution < 1.29 is 9.59 Å². The number of anilines is 2. The first kappa shape index (κ1) is 21.0. The van der Waals surface area contributed by atoms with Gasteiger partial charge >= 0.3 is 6.03 Å². The summed E-state index contributed by atoms with van der Waals surface area (Å²) in [6, 6.07) is 13.8. The number of benzene rings is 1. The maximum absolute atomic E-state index is 12.0. The van der Waals surface area contributed by atoms with Crippen LogP contribution in [0.2, 0.25) is 0 Å². The highest BCUT2D eigenvalue weighted by atomic mass is 32.1. The van der Waals surface area contributed by atoms with Gasteiger partial charge in [0, 0.05) is 10.9 Å². The second kappa shape index (κ2) is 10.8. The fourth-order valence-electron chi connectivity index (χ4n) is 1.95.